The quantitative estimate of drug-likeness (QED) is 0.469. The van der Waals surface area contributed by atoms with E-state index in [9.17, 15) is 10.1 Å². The van der Waals surface area contributed by atoms with Crippen LogP contribution >= 0.6 is 0 Å². The number of hydrogen-bond acceptors (Lipinski definition) is 5. The number of nitrogens with zero attached hydrogens (tertiary/aromatic N) is 2. The summed E-state index contributed by atoms with van der Waals surface area (Å²) in [5.41, 5.74) is 3.62. The van der Waals surface area contributed by atoms with E-state index in [4.69, 9.17) is 5.84 Å². The summed E-state index contributed by atoms with van der Waals surface area (Å²) in [6.45, 7) is 7.08. The third-order valence-electron chi connectivity index (χ3n) is 3.73. The van der Waals surface area contributed by atoms with Gasteiger partial charge in [0.05, 0.1) is 4.92 Å². The topological polar surface area (TPSA) is 84.4 Å². The number of hydrazine groups is 1. The van der Waals surface area contributed by atoms with E-state index in [1.54, 1.807) is 12.1 Å². The summed E-state index contributed by atoms with van der Waals surface area (Å²) in [6.07, 6.45) is 1.01. The van der Waals surface area contributed by atoms with E-state index in [-0.39, 0.29) is 11.2 Å². The summed E-state index contributed by atoms with van der Waals surface area (Å²) in [7, 11) is 2.02. The molecule has 0 fully saturated rings. The van der Waals surface area contributed by atoms with Crippen molar-refractivity contribution in [2.45, 2.75) is 39.3 Å². The summed E-state index contributed by atoms with van der Waals surface area (Å²) < 4.78 is 0. The van der Waals surface area contributed by atoms with Gasteiger partial charge in [0.2, 0.25) is 0 Å². The molecule has 0 aliphatic heterocycles. The van der Waals surface area contributed by atoms with E-state index >= 15 is 0 Å². The summed E-state index contributed by atoms with van der Waals surface area (Å²) in [5, 5.41) is 11.0. The Morgan fingerprint density at radius 3 is 2.58 bits per heavy atom. The lowest BCUT2D eigenvalue weighted by Gasteiger charge is -2.34. The number of benzene rings is 1. The van der Waals surface area contributed by atoms with Crippen LogP contribution in [0, 0.1) is 10.1 Å². The van der Waals surface area contributed by atoms with Crippen molar-refractivity contribution in [1.82, 2.24) is 4.90 Å². The fourth-order valence-corrected chi connectivity index (χ4v) is 1.71. The fourth-order valence-electron chi connectivity index (χ4n) is 1.71. The summed E-state index contributed by atoms with van der Waals surface area (Å²) in [4.78, 5) is 12.7. The Labute approximate surface area is 113 Å². The first kappa shape index (κ1) is 15.4. The van der Waals surface area contributed by atoms with Crippen LogP contribution in [0.25, 0.3) is 0 Å². The normalized spacial score (nSPS) is 11.7. The van der Waals surface area contributed by atoms with Crippen molar-refractivity contribution in [2.75, 3.05) is 12.5 Å². The van der Waals surface area contributed by atoms with E-state index in [0.717, 1.165) is 12.0 Å². The first-order valence-electron chi connectivity index (χ1n) is 6.27. The first-order valence-corrected chi connectivity index (χ1v) is 6.27. The zero-order chi connectivity index (χ0) is 14.6. The molecule has 106 valence electrons. The maximum atomic E-state index is 11.0. The number of nitrogens with two attached hydrogens (primary N) is 1. The second-order valence-corrected chi connectivity index (χ2v) is 5.27. The Bertz CT molecular complexity index is 460. The second kappa shape index (κ2) is 5.99. The van der Waals surface area contributed by atoms with Crippen molar-refractivity contribution >= 4 is 11.4 Å². The van der Waals surface area contributed by atoms with Crippen LogP contribution in [0.5, 0.6) is 0 Å². The van der Waals surface area contributed by atoms with Gasteiger partial charge >= 0.3 is 0 Å². The molecule has 0 spiro atoms. The van der Waals surface area contributed by atoms with Crippen LogP contribution in [0.3, 0.4) is 0 Å². The van der Waals surface area contributed by atoms with Gasteiger partial charge in [-0.1, -0.05) is 13.0 Å². The van der Waals surface area contributed by atoms with Crippen molar-refractivity contribution in [2.24, 2.45) is 5.84 Å². The van der Waals surface area contributed by atoms with Gasteiger partial charge in [0.25, 0.3) is 5.69 Å². The molecule has 0 aliphatic rings. The Hall–Kier alpha value is -1.66. The van der Waals surface area contributed by atoms with Gasteiger partial charge in [-0.2, -0.15) is 0 Å². The largest absolute Gasteiger partial charge is 0.318 e. The number of rotatable bonds is 6. The second-order valence-electron chi connectivity index (χ2n) is 5.27. The maximum absolute atomic E-state index is 11.0. The van der Waals surface area contributed by atoms with E-state index in [1.165, 1.54) is 0 Å². The van der Waals surface area contributed by atoms with Crippen LogP contribution in [0.15, 0.2) is 18.2 Å². The zero-order valence-electron chi connectivity index (χ0n) is 11.9. The molecular formula is C13H22N4O2. The highest BCUT2D eigenvalue weighted by molar-refractivity contribution is 5.61. The van der Waals surface area contributed by atoms with Gasteiger partial charge in [0.1, 0.15) is 5.69 Å². The SMILES string of the molecule is CCC(C)(C)N(C)Cc1ccc(NN)c([N+](=O)[O-])c1. The van der Waals surface area contributed by atoms with Crippen LogP contribution in [0.4, 0.5) is 11.4 Å². The number of anilines is 1. The monoisotopic (exact) mass is 266 g/mol. The molecule has 6 heteroatoms. The average molecular weight is 266 g/mol. The Morgan fingerprint density at radius 1 is 1.47 bits per heavy atom. The Morgan fingerprint density at radius 2 is 2.11 bits per heavy atom. The zero-order valence-corrected chi connectivity index (χ0v) is 11.9. The van der Waals surface area contributed by atoms with Gasteiger partial charge < -0.3 is 5.43 Å². The van der Waals surface area contributed by atoms with Gasteiger partial charge in [0, 0.05) is 18.2 Å². The molecule has 0 atom stereocenters. The fraction of sp³-hybridized carbons (Fsp3) is 0.538. The predicted octanol–water partition coefficient (Wildman–Crippen LogP) is 2.50. The molecular weight excluding hydrogens is 244 g/mol. The average Bonchev–Trinajstić information content (AvgIpc) is 2.38. The predicted molar refractivity (Wildman–Crippen MR) is 76.7 cm³/mol. The Kier molecular flexibility index (Phi) is 4.85. The van der Waals surface area contributed by atoms with E-state index in [2.05, 4.69) is 31.1 Å². The molecule has 0 unspecified atom stereocenters. The number of nitro groups is 1. The van der Waals surface area contributed by atoms with Crippen molar-refractivity contribution in [1.29, 1.82) is 0 Å². The molecule has 0 saturated heterocycles. The summed E-state index contributed by atoms with van der Waals surface area (Å²) in [6, 6.07) is 5.06. The minimum absolute atomic E-state index is 0.00250. The lowest BCUT2D eigenvalue weighted by atomic mass is 9.99. The molecule has 1 rings (SSSR count). The highest BCUT2D eigenvalue weighted by atomic mass is 16.6. The molecule has 0 bridgehead atoms. The Balaban J connectivity index is 2.97. The molecule has 3 N–H and O–H groups in total. The lowest BCUT2D eigenvalue weighted by molar-refractivity contribution is -0.384. The van der Waals surface area contributed by atoms with Crippen LogP contribution in [0.2, 0.25) is 0 Å². The molecule has 6 nitrogen and oxygen atoms in total. The minimum atomic E-state index is -0.427. The standard InChI is InChI=1S/C13H22N4O2/c1-5-13(2,3)16(4)9-10-6-7-11(15-14)12(8-10)17(18)19/h6-8,15H,5,9,14H2,1-4H3. The molecule has 0 radical (unpaired) electrons. The lowest BCUT2D eigenvalue weighted by Crippen LogP contribution is -2.39. The van der Waals surface area contributed by atoms with E-state index < -0.39 is 4.92 Å². The van der Waals surface area contributed by atoms with Gasteiger partial charge in [-0.15, -0.1) is 0 Å². The molecule has 1 aromatic rings. The molecule has 0 aromatic heterocycles. The van der Waals surface area contributed by atoms with Crippen LogP contribution in [-0.4, -0.2) is 22.4 Å². The molecule has 1 aromatic carbocycles. The number of hydrogen-bond donors (Lipinski definition) is 2. The minimum Gasteiger partial charge on any atom is -0.318 e. The van der Waals surface area contributed by atoms with Gasteiger partial charge in [0.15, 0.2) is 0 Å². The van der Waals surface area contributed by atoms with Gasteiger partial charge in [-0.25, -0.2) is 0 Å². The third kappa shape index (κ3) is 3.65. The number of nitrogens with one attached hydrogen (secondary N) is 1. The summed E-state index contributed by atoms with van der Waals surface area (Å²) >= 11 is 0. The number of nitro benzene ring substituents is 1. The highest BCUT2D eigenvalue weighted by Crippen LogP contribution is 2.26. The van der Waals surface area contributed by atoms with Crippen molar-refractivity contribution in [3.05, 3.63) is 33.9 Å². The van der Waals surface area contributed by atoms with Crippen molar-refractivity contribution in [3.63, 3.8) is 0 Å². The maximum Gasteiger partial charge on any atom is 0.293 e. The molecule has 0 aliphatic carbocycles. The number of nitrogen functional groups attached to an aromatic ring is 1. The van der Waals surface area contributed by atoms with Gasteiger partial charge in [-0.05, 0) is 38.9 Å². The van der Waals surface area contributed by atoms with E-state index in [1.807, 2.05) is 13.1 Å². The molecule has 19 heavy (non-hydrogen) atoms. The van der Waals surface area contributed by atoms with Crippen LogP contribution in [-0.2, 0) is 6.54 Å². The van der Waals surface area contributed by atoms with Crippen molar-refractivity contribution in [3.8, 4) is 0 Å². The van der Waals surface area contributed by atoms with Gasteiger partial charge in [-0.3, -0.25) is 20.9 Å². The smallest absolute Gasteiger partial charge is 0.293 e. The summed E-state index contributed by atoms with van der Waals surface area (Å²) in [5.74, 6) is 5.27. The van der Waals surface area contributed by atoms with E-state index in [0.29, 0.717) is 12.2 Å². The molecule has 0 amide bonds. The van der Waals surface area contributed by atoms with Crippen molar-refractivity contribution < 1.29 is 4.92 Å². The highest BCUT2D eigenvalue weighted by Gasteiger charge is 2.22. The molecule has 0 saturated carbocycles. The molecule has 0 heterocycles. The third-order valence-corrected chi connectivity index (χ3v) is 3.73. The van der Waals surface area contributed by atoms with Crippen LogP contribution < -0.4 is 11.3 Å². The first-order chi connectivity index (χ1) is 8.81. The van der Waals surface area contributed by atoms with Crippen LogP contribution in [0.1, 0.15) is 32.8 Å².